The molecular weight excluding hydrogens is 195 g/mol. The van der Waals surface area contributed by atoms with E-state index in [9.17, 15) is 9.18 Å². The SMILES string of the molecule is C=CC.CCOC(=O)c1ccc(F)cc1. The Kier molecular flexibility index (Phi) is 6.89. The molecule has 0 N–H and O–H groups in total. The van der Waals surface area contributed by atoms with Crippen LogP contribution in [0, 0.1) is 5.82 Å². The minimum atomic E-state index is -0.419. The molecule has 0 fully saturated rings. The molecule has 0 saturated heterocycles. The first-order valence-corrected chi connectivity index (χ1v) is 4.65. The number of rotatable bonds is 2. The third-order valence-corrected chi connectivity index (χ3v) is 1.36. The van der Waals surface area contributed by atoms with Crippen LogP contribution in [0.15, 0.2) is 36.9 Å². The Hall–Kier alpha value is -1.64. The van der Waals surface area contributed by atoms with Crippen molar-refractivity contribution in [3.8, 4) is 0 Å². The predicted octanol–water partition coefficient (Wildman–Crippen LogP) is 3.19. The van der Waals surface area contributed by atoms with Gasteiger partial charge in [-0.15, -0.1) is 6.58 Å². The number of allylic oxidation sites excluding steroid dienone is 1. The fourth-order valence-corrected chi connectivity index (χ4v) is 0.800. The lowest BCUT2D eigenvalue weighted by Gasteiger charge is -1.99. The van der Waals surface area contributed by atoms with E-state index >= 15 is 0 Å². The van der Waals surface area contributed by atoms with Crippen molar-refractivity contribution < 1.29 is 13.9 Å². The minimum absolute atomic E-state index is 0.330. The molecule has 0 saturated carbocycles. The minimum Gasteiger partial charge on any atom is -0.462 e. The van der Waals surface area contributed by atoms with Crippen LogP contribution in [0.4, 0.5) is 4.39 Å². The summed E-state index contributed by atoms with van der Waals surface area (Å²) in [6.07, 6.45) is 1.75. The summed E-state index contributed by atoms with van der Waals surface area (Å²) < 4.78 is 17.1. The van der Waals surface area contributed by atoms with Crippen LogP contribution in [0.1, 0.15) is 24.2 Å². The van der Waals surface area contributed by atoms with Crippen molar-refractivity contribution in [1.82, 2.24) is 0 Å². The summed E-state index contributed by atoms with van der Waals surface area (Å²) in [6, 6.07) is 5.25. The second-order valence-corrected chi connectivity index (χ2v) is 2.64. The maximum absolute atomic E-state index is 12.4. The molecule has 0 unspecified atom stereocenters. The normalized spacial score (nSPS) is 8.47. The van der Waals surface area contributed by atoms with E-state index in [0.717, 1.165) is 0 Å². The maximum atomic E-state index is 12.4. The zero-order valence-electron chi connectivity index (χ0n) is 9.00. The van der Waals surface area contributed by atoms with Crippen molar-refractivity contribution in [2.75, 3.05) is 6.61 Å². The molecule has 0 radical (unpaired) electrons. The van der Waals surface area contributed by atoms with Crippen LogP contribution in [0.2, 0.25) is 0 Å². The summed E-state index contributed by atoms with van der Waals surface area (Å²) in [7, 11) is 0. The monoisotopic (exact) mass is 210 g/mol. The number of halogens is 1. The highest BCUT2D eigenvalue weighted by molar-refractivity contribution is 5.89. The zero-order chi connectivity index (χ0) is 11.7. The van der Waals surface area contributed by atoms with Crippen LogP contribution < -0.4 is 0 Å². The van der Waals surface area contributed by atoms with Crippen LogP contribution in [0.25, 0.3) is 0 Å². The molecule has 0 aliphatic carbocycles. The van der Waals surface area contributed by atoms with Crippen molar-refractivity contribution in [3.63, 3.8) is 0 Å². The highest BCUT2D eigenvalue weighted by Gasteiger charge is 2.04. The van der Waals surface area contributed by atoms with Crippen LogP contribution in [-0.4, -0.2) is 12.6 Å². The van der Waals surface area contributed by atoms with Gasteiger partial charge in [-0.1, -0.05) is 6.08 Å². The number of benzene rings is 1. The Morgan fingerprint density at radius 3 is 2.33 bits per heavy atom. The van der Waals surface area contributed by atoms with E-state index in [1.807, 2.05) is 6.92 Å². The lowest BCUT2D eigenvalue weighted by Crippen LogP contribution is -2.03. The van der Waals surface area contributed by atoms with Gasteiger partial charge in [0, 0.05) is 0 Å². The first-order valence-electron chi connectivity index (χ1n) is 4.65. The lowest BCUT2D eigenvalue weighted by molar-refractivity contribution is 0.0526. The second kappa shape index (κ2) is 7.74. The zero-order valence-corrected chi connectivity index (χ0v) is 9.00. The number of ether oxygens (including phenoxy) is 1. The molecule has 0 spiro atoms. The quantitative estimate of drug-likeness (QED) is 0.553. The second-order valence-electron chi connectivity index (χ2n) is 2.64. The van der Waals surface area contributed by atoms with Gasteiger partial charge in [-0.25, -0.2) is 9.18 Å². The summed E-state index contributed by atoms with van der Waals surface area (Å²) in [5, 5.41) is 0. The average molecular weight is 210 g/mol. The van der Waals surface area contributed by atoms with E-state index in [1.54, 1.807) is 13.0 Å². The van der Waals surface area contributed by atoms with Crippen molar-refractivity contribution in [2.24, 2.45) is 0 Å². The van der Waals surface area contributed by atoms with Gasteiger partial charge in [-0.2, -0.15) is 0 Å². The molecule has 2 nitrogen and oxygen atoms in total. The highest BCUT2D eigenvalue weighted by Crippen LogP contribution is 2.03. The summed E-state index contributed by atoms with van der Waals surface area (Å²) in [5.74, 6) is -0.777. The van der Waals surface area contributed by atoms with Crippen molar-refractivity contribution in [3.05, 3.63) is 48.3 Å². The molecule has 0 atom stereocenters. The van der Waals surface area contributed by atoms with E-state index in [-0.39, 0.29) is 5.82 Å². The van der Waals surface area contributed by atoms with Crippen molar-refractivity contribution >= 4 is 5.97 Å². The van der Waals surface area contributed by atoms with E-state index in [4.69, 9.17) is 4.74 Å². The third kappa shape index (κ3) is 5.62. The molecule has 0 aliphatic rings. The van der Waals surface area contributed by atoms with E-state index in [1.165, 1.54) is 24.3 Å². The Balaban J connectivity index is 0.000000583. The van der Waals surface area contributed by atoms with Crippen LogP contribution in [0.3, 0.4) is 0 Å². The fourth-order valence-electron chi connectivity index (χ4n) is 0.800. The predicted molar refractivity (Wildman–Crippen MR) is 58.2 cm³/mol. The molecule has 0 heterocycles. The Labute approximate surface area is 89.4 Å². The number of carbonyl (C=O) groups excluding carboxylic acids is 1. The number of esters is 1. The summed E-state index contributed by atoms with van der Waals surface area (Å²) in [4.78, 5) is 11.0. The largest absolute Gasteiger partial charge is 0.462 e. The summed E-state index contributed by atoms with van der Waals surface area (Å²) >= 11 is 0. The molecular formula is C12H15FO2. The van der Waals surface area contributed by atoms with Gasteiger partial charge in [0.25, 0.3) is 0 Å². The molecule has 82 valence electrons. The summed E-state index contributed by atoms with van der Waals surface area (Å²) in [5.41, 5.74) is 0.373. The number of hydrogen-bond donors (Lipinski definition) is 0. The van der Waals surface area contributed by atoms with Crippen molar-refractivity contribution in [1.29, 1.82) is 0 Å². The van der Waals surface area contributed by atoms with Gasteiger partial charge in [0.2, 0.25) is 0 Å². The topological polar surface area (TPSA) is 26.3 Å². The molecule has 0 bridgehead atoms. The van der Waals surface area contributed by atoms with Gasteiger partial charge in [0.1, 0.15) is 5.82 Å². The molecule has 0 aromatic heterocycles. The molecule has 1 aromatic carbocycles. The van der Waals surface area contributed by atoms with E-state index in [2.05, 4.69) is 6.58 Å². The third-order valence-electron chi connectivity index (χ3n) is 1.36. The van der Waals surface area contributed by atoms with E-state index in [0.29, 0.717) is 12.2 Å². The highest BCUT2D eigenvalue weighted by atomic mass is 19.1. The first kappa shape index (κ1) is 13.4. The van der Waals surface area contributed by atoms with Gasteiger partial charge in [0.05, 0.1) is 12.2 Å². The number of carbonyl (C=O) groups is 1. The lowest BCUT2D eigenvalue weighted by atomic mass is 10.2. The average Bonchev–Trinajstić information content (AvgIpc) is 2.20. The molecule has 3 heteroatoms. The van der Waals surface area contributed by atoms with E-state index < -0.39 is 5.97 Å². The Morgan fingerprint density at radius 2 is 1.93 bits per heavy atom. The van der Waals surface area contributed by atoms with Gasteiger partial charge in [-0.05, 0) is 38.1 Å². The molecule has 0 amide bonds. The van der Waals surface area contributed by atoms with Gasteiger partial charge >= 0.3 is 5.97 Å². The van der Waals surface area contributed by atoms with Gasteiger partial charge < -0.3 is 4.74 Å². The number of hydrogen-bond acceptors (Lipinski definition) is 2. The summed E-state index contributed by atoms with van der Waals surface area (Å²) in [6.45, 7) is 7.30. The molecule has 15 heavy (non-hydrogen) atoms. The fraction of sp³-hybridized carbons (Fsp3) is 0.250. The van der Waals surface area contributed by atoms with Crippen LogP contribution in [0.5, 0.6) is 0 Å². The standard InChI is InChI=1S/C9H9FO2.C3H6/c1-2-12-9(11)7-3-5-8(10)6-4-7;1-3-2/h3-6H,2H2,1H3;3H,1H2,2H3. The van der Waals surface area contributed by atoms with Crippen LogP contribution >= 0.6 is 0 Å². The van der Waals surface area contributed by atoms with Gasteiger partial charge in [-0.3, -0.25) is 0 Å². The Bertz CT molecular complexity index is 304. The Morgan fingerprint density at radius 1 is 1.47 bits per heavy atom. The smallest absolute Gasteiger partial charge is 0.338 e. The molecule has 1 aromatic rings. The molecule has 0 aliphatic heterocycles. The van der Waals surface area contributed by atoms with Gasteiger partial charge in [0.15, 0.2) is 0 Å². The maximum Gasteiger partial charge on any atom is 0.338 e. The van der Waals surface area contributed by atoms with Crippen LogP contribution in [-0.2, 0) is 4.74 Å². The molecule has 1 rings (SSSR count). The van der Waals surface area contributed by atoms with Crippen molar-refractivity contribution in [2.45, 2.75) is 13.8 Å². The first-order chi connectivity index (χ1) is 7.15.